The Morgan fingerprint density at radius 2 is 2.24 bits per heavy atom. The molecule has 0 saturated carbocycles. The molecule has 1 aromatic carbocycles. The fourth-order valence-corrected chi connectivity index (χ4v) is 2.66. The van der Waals surface area contributed by atoms with Gasteiger partial charge in [0, 0.05) is 23.0 Å². The molecule has 1 N–H and O–H groups in total. The van der Waals surface area contributed by atoms with E-state index < -0.39 is 0 Å². The van der Waals surface area contributed by atoms with Gasteiger partial charge in [0.2, 0.25) is 0 Å². The van der Waals surface area contributed by atoms with E-state index in [-0.39, 0.29) is 6.04 Å². The maximum Gasteiger partial charge on any atom is 0.0896 e. The minimum Gasteiger partial charge on any atom is -0.306 e. The van der Waals surface area contributed by atoms with Crippen molar-refractivity contribution in [3.63, 3.8) is 0 Å². The summed E-state index contributed by atoms with van der Waals surface area (Å²) < 4.78 is 1.84. The zero-order chi connectivity index (χ0) is 14.7. The summed E-state index contributed by atoms with van der Waals surface area (Å²) in [6.07, 6.45) is 8.39. The van der Waals surface area contributed by atoms with E-state index in [0.29, 0.717) is 0 Å². The second-order valence-corrected chi connectivity index (χ2v) is 5.38. The lowest BCUT2D eigenvalue weighted by Crippen LogP contribution is -2.23. The van der Waals surface area contributed by atoms with Crippen LogP contribution in [0.2, 0.25) is 5.02 Å². The Labute approximate surface area is 128 Å². The number of aromatic nitrogens is 3. The van der Waals surface area contributed by atoms with Crippen molar-refractivity contribution >= 4 is 17.1 Å². The van der Waals surface area contributed by atoms with Crippen molar-refractivity contribution in [2.24, 2.45) is 0 Å². The summed E-state index contributed by atoms with van der Waals surface area (Å²) in [6, 6.07) is 8.00. The standard InChI is InChI=1S/C16H17ClN4/c1-2-6-19-16(12-4-3-5-13(17)9-12)14-10-20-21-8-7-18-11-15(14)21/h3-5,7-11,16,19H,2,6H2,1H3. The molecule has 0 saturated heterocycles. The first-order chi connectivity index (χ1) is 10.3. The third kappa shape index (κ3) is 2.91. The van der Waals surface area contributed by atoms with Gasteiger partial charge in [-0.05, 0) is 30.7 Å². The third-order valence-electron chi connectivity index (χ3n) is 3.45. The highest BCUT2D eigenvalue weighted by molar-refractivity contribution is 6.30. The summed E-state index contributed by atoms with van der Waals surface area (Å²) in [4.78, 5) is 4.20. The molecule has 0 amide bonds. The van der Waals surface area contributed by atoms with Gasteiger partial charge in [-0.2, -0.15) is 5.10 Å². The molecule has 21 heavy (non-hydrogen) atoms. The molecule has 0 aliphatic rings. The van der Waals surface area contributed by atoms with Gasteiger partial charge in [-0.15, -0.1) is 0 Å². The number of hydrogen-bond donors (Lipinski definition) is 1. The van der Waals surface area contributed by atoms with Crippen LogP contribution in [0, 0.1) is 0 Å². The van der Waals surface area contributed by atoms with Crippen molar-refractivity contribution in [3.8, 4) is 0 Å². The van der Waals surface area contributed by atoms with E-state index in [1.165, 1.54) is 0 Å². The van der Waals surface area contributed by atoms with Crippen LogP contribution < -0.4 is 5.32 Å². The summed E-state index contributed by atoms with van der Waals surface area (Å²) >= 11 is 6.14. The van der Waals surface area contributed by atoms with Crippen molar-refractivity contribution in [1.29, 1.82) is 0 Å². The summed E-state index contributed by atoms with van der Waals surface area (Å²) in [6.45, 7) is 3.08. The lowest BCUT2D eigenvalue weighted by atomic mass is 10.00. The van der Waals surface area contributed by atoms with Crippen LogP contribution in [0.3, 0.4) is 0 Å². The normalized spacial score (nSPS) is 12.7. The molecule has 0 radical (unpaired) electrons. The smallest absolute Gasteiger partial charge is 0.0896 e. The highest BCUT2D eigenvalue weighted by Gasteiger charge is 2.18. The van der Waals surface area contributed by atoms with Crippen molar-refractivity contribution < 1.29 is 0 Å². The fraction of sp³-hybridized carbons (Fsp3) is 0.250. The average Bonchev–Trinajstić information content (AvgIpc) is 2.92. The lowest BCUT2D eigenvalue weighted by Gasteiger charge is -2.18. The Kier molecular flexibility index (Phi) is 4.18. The van der Waals surface area contributed by atoms with Gasteiger partial charge in [-0.25, -0.2) is 4.52 Å². The van der Waals surface area contributed by atoms with Crippen LogP contribution in [0.15, 0.2) is 49.1 Å². The number of fused-ring (bicyclic) bond motifs is 1. The highest BCUT2D eigenvalue weighted by Crippen LogP contribution is 2.27. The van der Waals surface area contributed by atoms with E-state index in [1.807, 2.05) is 41.3 Å². The first kappa shape index (κ1) is 14.0. The summed E-state index contributed by atoms with van der Waals surface area (Å²) in [5, 5.41) is 8.71. The van der Waals surface area contributed by atoms with Gasteiger partial charge in [0.15, 0.2) is 0 Å². The molecule has 0 aliphatic heterocycles. The Bertz CT molecular complexity index is 738. The van der Waals surface area contributed by atoms with Crippen LogP contribution in [0.4, 0.5) is 0 Å². The molecule has 0 spiro atoms. The fourth-order valence-electron chi connectivity index (χ4n) is 2.46. The zero-order valence-electron chi connectivity index (χ0n) is 11.8. The molecule has 4 nitrogen and oxygen atoms in total. The first-order valence-electron chi connectivity index (χ1n) is 7.05. The second kappa shape index (κ2) is 6.24. The van der Waals surface area contributed by atoms with Crippen LogP contribution in [-0.2, 0) is 0 Å². The number of nitrogens with zero attached hydrogens (tertiary/aromatic N) is 3. The van der Waals surface area contributed by atoms with Crippen LogP contribution in [0.25, 0.3) is 5.52 Å². The maximum absolute atomic E-state index is 6.14. The molecule has 2 heterocycles. The monoisotopic (exact) mass is 300 g/mol. The molecule has 3 rings (SSSR count). The van der Waals surface area contributed by atoms with E-state index in [2.05, 4.69) is 28.4 Å². The topological polar surface area (TPSA) is 42.2 Å². The van der Waals surface area contributed by atoms with E-state index in [1.54, 1.807) is 6.20 Å². The number of rotatable bonds is 5. The van der Waals surface area contributed by atoms with Crippen molar-refractivity contribution in [3.05, 3.63) is 65.2 Å². The number of hydrogen-bond acceptors (Lipinski definition) is 3. The molecule has 1 atom stereocenters. The Hall–Kier alpha value is -1.91. The highest BCUT2D eigenvalue weighted by atomic mass is 35.5. The molecule has 0 bridgehead atoms. The van der Waals surface area contributed by atoms with Gasteiger partial charge < -0.3 is 5.32 Å². The van der Waals surface area contributed by atoms with Crippen LogP contribution >= 0.6 is 11.6 Å². The summed E-state index contributed by atoms with van der Waals surface area (Å²) in [5.74, 6) is 0. The molecule has 5 heteroatoms. The van der Waals surface area contributed by atoms with Crippen LogP contribution in [0.5, 0.6) is 0 Å². The zero-order valence-corrected chi connectivity index (χ0v) is 12.6. The quantitative estimate of drug-likeness (QED) is 0.784. The number of halogens is 1. The van der Waals surface area contributed by atoms with Crippen LogP contribution in [-0.4, -0.2) is 21.1 Å². The van der Waals surface area contributed by atoms with Gasteiger partial charge >= 0.3 is 0 Å². The molecule has 3 aromatic rings. The Morgan fingerprint density at radius 1 is 1.33 bits per heavy atom. The van der Waals surface area contributed by atoms with Gasteiger partial charge in [0.05, 0.1) is 24.0 Å². The average molecular weight is 301 g/mol. The number of nitrogens with one attached hydrogen (secondary N) is 1. The minimum absolute atomic E-state index is 0.0605. The van der Waals surface area contributed by atoms with E-state index >= 15 is 0 Å². The third-order valence-corrected chi connectivity index (χ3v) is 3.68. The molecule has 2 aromatic heterocycles. The summed E-state index contributed by atoms with van der Waals surface area (Å²) in [7, 11) is 0. The number of benzene rings is 1. The lowest BCUT2D eigenvalue weighted by molar-refractivity contribution is 0.601. The van der Waals surface area contributed by atoms with E-state index in [0.717, 1.165) is 34.6 Å². The van der Waals surface area contributed by atoms with Crippen molar-refractivity contribution in [2.45, 2.75) is 19.4 Å². The molecular formula is C16H17ClN4. The molecule has 108 valence electrons. The van der Waals surface area contributed by atoms with Gasteiger partial charge in [0.25, 0.3) is 0 Å². The molecule has 0 aliphatic carbocycles. The van der Waals surface area contributed by atoms with E-state index in [4.69, 9.17) is 11.6 Å². The van der Waals surface area contributed by atoms with Crippen molar-refractivity contribution in [1.82, 2.24) is 19.9 Å². The second-order valence-electron chi connectivity index (χ2n) is 4.95. The maximum atomic E-state index is 6.14. The van der Waals surface area contributed by atoms with Gasteiger partial charge in [-0.3, -0.25) is 4.98 Å². The minimum atomic E-state index is 0.0605. The SMILES string of the molecule is CCCNC(c1cccc(Cl)c1)c1cnn2ccncc12. The van der Waals surface area contributed by atoms with Gasteiger partial charge in [-0.1, -0.05) is 30.7 Å². The predicted molar refractivity (Wildman–Crippen MR) is 84.6 cm³/mol. The van der Waals surface area contributed by atoms with E-state index in [9.17, 15) is 0 Å². The molecule has 0 fully saturated rings. The Morgan fingerprint density at radius 3 is 3.05 bits per heavy atom. The predicted octanol–water partition coefficient (Wildman–Crippen LogP) is 3.47. The van der Waals surface area contributed by atoms with Crippen LogP contribution in [0.1, 0.15) is 30.5 Å². The van der Waals surface area contributed by atoms with Gasteiger partial charge in [0.1, 0.15) is 0 Å². The summed E-state index contributed by atoms with van der Waals surface area (Å²) in [5.41, 5.74) is 3.25. The first-order valence-corrected chi connectivity index (χ1v) is 7.43. The van der Waals surface area contributed by atoms with Crippen molar-refractivity contribution in [2.75, 3.05) is 6.54 Å². The Balaban J connectivity index is 2.06. The molecular weight excluding hydrogens is 284 g/mol. The largest absolute Gasteiger partial charge is 0.306 e. The molecule has 1 unspecified atom stereocenters.